The third-order valence-electron chi connectivity index (χ3n) is 3.90. The van der Waals surface area contributed by atoms with E-state index in [1.807, 2.05) is 18.2 Å². The Morgan fingerprint density at radius 1 is 1.04 bits per heavy atom. The van der Waals surface area contributed by atoms with Gasteiger partial charge in [0, 0.05) is 16.3 Å². The predicted molar refractivity (Wildman–Crippen MR) is 108 cm³/mol. The van der Waals surface area contributed by atoms with Crippen LogP contribution in [0, 0.1) is 13.8 Å². The normalized spacial score (nSPS) is 10.6. The Balaban J connectivity index is 1.59. The quantitative estimate of drug-likeness (QED) is 0.619. The molecule has 0 bridgehead atoms. The highest BCUT2D eigenvalue weighted by Gasteiger charge is 2.07. The third-order valence-corrected chi connectivity index (χ3v) is 5.06. The van der Waals surface area contributed by atoms with Crippen LogP contribution in [0.4, 0.5) is 5.69 Å². The van der Waals surface area contributed by atoms with E-state index in [0.717, 1.165) is 11.3 Å². The highest BCUT2D eigenvalue weighted by molar-refractivity contribution is 7.99. The Hall–Kier alpha value is -2.37. The van der Waals surface area contributed by atoms with Crippen molar-refractivity contribution in [3.63, 3.8) is 0 Å². The Kier molecular flexibility index (Phi) is 5.91. The molecule has 1 amide bonds. The lowest BCUT2D eigenvalue weighted by atomic mass is 10.0. The lowest BCUT2D eigenvalue weighted by Crippen LogP contribution is -2.14. The number of carbonyl (C=O) groups is 1. The van der Waals surface area contributed by atoms with E-state index < -0.39 is 0 Å². The molecule has 1 heterocycles. The van der Waals surface area contributed by atoms with Gasteiger partial charge in [-0.2, -0.15) is 0 Å². The molecule has 0 saturated carbocycles. The van der Waals surface area contributed by atoms with Crippen molar-refractivity contribution >= 4 is 35.0 Å². The molecule has 0 radical (unpaired) electrons. The van der Waals surface area contributed by atoms with Gasteiger partial charge >= 0.3 is 0 Å². The molecule has 0 fully saturated rings. The Morgan fingerprint density at radius 3 is 2.58 bits per heavy atom. The van der Waals surface area contributed by atoms with Crippen LogP contribution in [0.15, 0.2) is 59.6 Å². The maximum atomic E-state index is 12.0. The first kappa shape index (κ1) is 18.4. The average molecular weight is 384 g/mol. The number of aryl methyl sites for hydroxylation is 2. The lowest BCUT2D eigenvalue weighted by molar-refractivity contribution is -0.113. The van der Waals surface area contributed by atoms with Crippen molar-refractivity contribution in [2.75, 3.05) is 11.1 Å². The van der Waals surface area contributed by atoms with Crippen LogP contribution in [-0.4, -0.2) is 21.9 Å². The first-order valence-corrected chi connectivity index (χ1v) is 9.47. The molecule has 4 nitrogen and oxygen atoms in total. The van der Waals surface area contributed by atoms with Gasteiger partial charge in [-0.05, 0) is 61.4 Å². The second-order valence-electron chi connectivity index (χ2n) is 5.90. The van der Waals surface area contributed by atoms with Crippen molar-refractivity contribution in [2.45, 2.75) is 18.9 Å². The number of amides is 1. The zero-order valence-corrected chi connectivity index (χ0v) is 16.1. The van der Waals surface area contributed by atoms with Crippen molar-refractivity contribution in [3.05, 3.63) is 70.7 Å². The van der Waals surface area contributed by atoms with E-state index in [-0.39, 0.29) is 11.7 Å². The van der Waals surface area contributed by atoms with Gasteiger partial charge in [-0.25, -0.2) is 0 Å². The number of nitrogens with zero attached hydrogens (tertiary/aromatic N) is 2. The van der Waals surface area contributed by atoms with Crippen LogP contribution in [0.3, 0.4) is 0 Å². The molecule has 26 heavy (non-hydrogen) atoms. The molecule has 0 aliphatic carbocycles. The zero-order chi connectivity index (χ0) is 18.5. The molecule has 3 rings (SSSR count). The fraction of sp³-hybridized carbons (Fsp3) is 0.150. The van der Waals surface area contributed by atoms with Crippen LogP contribution in [0.2, 0.25) is 5.02 Å². The van der Waals surface area contributed by atoms with E-state index in [0.29, 0.717) is 15.7 Å². The summed E-state index contributed by atoms with van der Waals surface area (Å²) >= 11 is 7.25. The minimum absolute atomic E-state index is 0.114. The molecule has 1 N–H and O–H groups in total. The summed E-state index contributed by atoms with van der Waals surface area (Å²) in [6, 6.07) is 17.1. The molecule has 1 aromatic heterocycles. The summed E-state index contributed by atoms with van der Waals surface area (Å²) in [5, 5.41) is 12.6. The Morgan fingerprint density at radius 2 is 1.88 bits per heavy atom. The number of anilines is 1. The van der Waals surface area contributed by atoms with Gasteiger partial charge in [0.2, 0.25) is 5.91 Å². The van der Waals surface area contributed by atoms with E-state index in [1.165, 1.54) is 22.9 Å². The van der Waals surface area contributed by atoms with Gasteiger partial charge in [0.05, 0.1) is 11.4 Å². The van der Waals surface area contributed by atoms with Gasteiger partial charge in [-0.1, -0.05) is 41.6 Å². The fourth-order valence-electron chi connectivity index (χ4n) is 2.35. The highest BCUT2D eigenvalue weighted by Crippen LogP contribution is 2.22. The van der Waals surface area contributed by atoms with Crippen LogP contribution >= 0.6 is 23.4 Å². The topological polar surface area (TPSA) is 54.9 Å². The predicted octanol–water partition coefficient (Wildman–Crippen LogP) is 5.14. The number of nitrogens with one attached hydrogen (secondary N) is 1. The number of carbonyl (C=O) groups excluding carboxylic acids is 1. The third kappa shape index (κ3) is 4.84. The number of benzene rings is 2. The van der Waals surface area contributed by atoms with Crippen molar-refractivity contribution in [3.8, 4) is 11.3 Å². The molecule has 0 spiro atoms. The van der Waals surface area contributed by atoms with E-state index in [1.54, 1.807) is 24.3 Å². The average Bonchev–Trinajstić information content (AvgIpc) is 2.63. The number of aromatic nitrogens is 2. The number of halogens is 1. The summed E-state index contributed by atoms with van der Waals surface area (Å²) < 4.78 is 0. The van der Waals surface area contributed by atoms with E-state index >= 15 is 0 Å². The van der Waals surface area contributed by atoms with Crippen molar-refractivity contribution in [2.24, 2.45) is 0 Å². The zero-order valence-electron chi connectivity index (χ0n) is 14.5. The Labute approximate surface area is 162 Å². The number of thioether (sulfide) groups is 1. The van der Waals surface area contributed by atoms with Gasteiger partial charge in [0.25, 0.3) is 0 Å². The van der Waals surface area contributed by atoms with Gasteiger partial charge in [0.1, 0.15) is 5.03 Å². The minimum Gasteiger partial charge on any atom is -0.325 e. The molecule has 132 valence electrons. The van der Waals surface area contributed by atoms with Gasteiger partial charge in [-0.15, -0.1) is 10.2 Å². The van der Waals surface area contributed by atoms with E-state index in [9.17, 15) is 4.79 Å². The van der Waals surface area contributed by atoms with Crippen molar-refractivity contribution < 1.29 is 4.79 Å². The molecule has 2 aromatic carbocycles. The summed E-state index contributed by atoms with van der Waals surface area (Å²) in [5.41, 5.74) is 5.01. The van der Waals surface area contributed by atoms with Crippen molar-refractivity contribution in [1.29, 1.82) is 0 Å². The summed E-state index contributed by atoms with van der Waals surface area (Å²) in [6.07, 6.45) is 0. The number of rotatable bonds is 5. The maximum Gasteiger partial charge on any atom is 0.234 e. The van der Waals surface area contributed by atoms with Gasteiger partial charge in [-0.3, -0.25) is 4.79 Å². The SMILES string of the molecule is Cc1ccc(-c2ccc(SCC(=O)Nc3cccc(Cl)c3)nn2)cc1C. The number of hydrogen-bond donors (Lipinski definition) is 1. The molecule has 6 heteroatoms. The van der Waals surface area contributed by atoms with Gasteiger partial charge < -0.3 is 5.32 Å². The van der Waals surface area contributed by atoms with Crippen LogP contribution in [0.5, 0.6) is 0 Å². The molecule has 0 atom stereocenters. The molecule has 0 aliphatic heterocycles. The number of hydrogen-bond acceptors (Lipinski definition) is 4. The van der Waals surface area contributed by atoms with Crippen LogP contribution in [0.1, 0.15) is 11.1 Å². The smallest absolute Gasteiger partial charge is 0.234 e. The molecular weight excluding hydrogens is 366 g/mol. The summed E-state index contributed by atoms with van der Waals surface area (Å²) in [5.74, 6) is 0.141. The first-order valence-electron chi connectivity index (χ1n) is 8.11. The maximum absolute atomic E-state index is 12.0. The van der Waals surface area contributed by atoms with Crippen LogP contribution in [-0.2, 0) is 4.79 Å². The summed E-state index contributed by atoms with van der Waals surface area (Å²) in [7, 11) is 0. The van der Waals surface area contributed by atoms with E-state index in [2.05, 4.69) is 41.5 Å². The summed E-state index contributed by atoms with van der Waals surface area (Å²) in [4.78, 5) is 12.0. The van der Waals surface area contributed by atoms with Gasteiger partial charge in [0.15, 0.2) is 0 Å². The summed E-state index contributed by atoms with van der Waals surface area (Å²) in [6.45, 7) is 4.16. The Bertz CT molecular complexity index is 929. The fourth-order valence-corrected chi connectivity index (χ4v) is 3.16. The first-order chi connectivity index (χ1) is 12.5. The second-order valence-corrected chi connectivity index (χ2v) is 7.34. The molecule has 0 unspecified atom stereocenters. The molecule has 0 saturated heterocycles. The minimum atomic E-state index is -0.114. The molecule has 3 aromatic rings. The lowest BCUT2D eigenvalue weighted by Gasteiger charge is -2.06. The van der Waals surface area contributed by atoms with Crippen LogP contribution < -0.4 is 5.32 Å². The molecule has 0 aliphatic rings. The highest BCUT2D eigenvalue weighted by atomic mass is 35.5. The molecular formula is C20H18ClN3OS. The van der Waals surface area contributed by atoms with E-state index in [4.69, 9.17) is 11.6 Å². The second kappa shape index (κ2) is 8.34. The van der Waals surface area contributed by atoms with Crippen LogP contribution in [0.25, 0.3) is 11.3 Å². The monoisotopic (exact) mass is 383 g/mol. The standard InChI is InChI=1S/C20H18ClN3OS/c1-13-6-7-15(10-14(13)2)18-8-9-20(24-23-18)26-12-19(25)22-17-5-3-4-16(21)11-17/h3-11H,12H2,1-2H3,(H,22,25). The largest absolute Gasteiger partial charge is 0.325 e. The van der Waals surface area contributed by atoms with Crippen molar-refractivity contribution in [1.82, 2.24) is 10.2 Å².